The van der Waals surface area contributed by atoms with Gasteiger partial charge in [-0.05, 0) is 6.92 Å². The normalized spacial score (nSPS) is 9.70. The Balaban J connectivity index is 3.15. The summed E-state index contributed by atoms with van der Waals surface area (Å²) in [6.45, 7) is 1.64. The molecule has 4 N–H and O–H groups in total. The third-order valence-electron chi connectivity index (χ3n) is 1.06. The van der Waals surface area contributed by atoms with Gasteiger partial charge in [0.15, 0.2) is 11.5 Å². The molecule has 0 bridgehead atoms. The largest absolute Gasteiger partial charge is 0.476 e. The molecule has 0 amide bonds. The maximum Gasteiger partial charge on any atom is 0.356 e. The van der Waals surface area contributed by atoms with Crippen molar-refractivity contribution in [3.63, 3.8) is 0 Å². The van der Waals surface area contributed by atoms with Gasteiger partial charge in [0.25, 0.3) is 0 Å². The Bertz CT molecular complexity index is 266. The minimum Gasteiger partial charge on any atom is -0.476 e. The molecule has 1 rings (SSSR count). The molecule has 0 saturated carbocycles. The van der Waals surface area contributed by atoms with E-state index < -0.39 is 5.97 Å². The number of carboxylic acid groups (broad SMARTS) is 1. The molecular formula is C5H7N3O2. The molecule has 0 radical (unpaired) electrons. The highest BCUT2D eigenvalue weighted by molar-refractivity contribution is 5.90. The van der Waals surface area contributed by atoms with Crippen molar-refractivity contribution in [2.24, 2.45) is 0 Å². The van der Waals surface area contributed by atoms with Gasteiger partial charge in [0.2, 0.25) is 0 Å². The first kappa shape index (κ1) is 6.60. The smallest absolute Gasteiger partial charge is 0.356 e. The third-order valence-corrected chi connectivity index (χ3v) is 1.06. The average Bonchev–Trinajstić information content (AvgIpc) is 2.10. The standard InChI is InChI=1S/C5H7N3O2/c1-2-7-3(5(9)10)4(6)8-2/h6H2,1H3,(H,7,8)(H,9,10). The van der Waals surface area contributed by atoms with Crippen LogP contribution < -0.4 is 5.73 Å². The van der Waals surface area contributed by atoms with Gasteiger partial charge in [-0.15, -0.1) is 0 Å². The second-order valence-corrected chi connectivity index (χ2v) is 1.89. The molecule has 0 aliphatic carbocycles. The van der Waals surface area contributed by atoms with Crippen LogP contribution in [0.4, 0.5) is 5.82 Å². The molecule has 0 aliphatic rings. The summed E-state index contributed by atoms with van der Waals surface area (Å²) in [5.41, 5.74) is 5.18. The predicted molar refractivity (Wildman–Crippen MR) is 34.7 cm³/mol. The molecule has 1 aromatic rings. The van der Waals surface area contributed by atoms with Crippen LogP contribution in [0.15, 0.2) is 0 Å². The molecule has 0 spiro atoms. The van der Waals surface area contributed by atoms with Crippen molar-refractivity contribution in [1.82, 2.24) is 9.97 Å². The first-order valence-corrected chi connectivity index (χ1v) is 2.66. The van der Waals surface area contributed by atoms with Gasteiger partial charge in [-0.3, -0.25) is 0 Å². The number of carboxylic acids is 1. The van der Waals surface area contributed by atoms with E-state index in [0.29, 0.717) is 5.82 Å². The van der Waals surface area contributed by atoms with Crippen LogP contribution in [0.3, 0.4) is 0 Å². The molecular weight excluding hydrogens is 134 g/mol. The van der Waals surface area contributed by atoms with Crippen molar-refractivity contribution in [2.45, 2.75) is 6.92 Å². The van der Waals surface area contributed by atoms with Gasteiger partial charge in [0.1, 0.15) is 5.82 Å². The summed E-state index contributed by atoms with van der Waals surface area (Å²) in [5, 5.41) is 8.43. The number of aromatic nitrogens is 2. The summed E-state index contributed by atoms with van der Waals surface area (Å²) in [5.74, 6) is -0.544. The molecule has 0 fully saturated rings. The highest BCUT2D eigenvalue weighted by atomic mass is 16.4. The van der Waals surface area contributed by atoms with Gasteiger partial charge in [0, 0.05) is 0 Å². The van der Waals surface area contributed by atoms with E-state index in [0.717, 1.165) is 0 Å². The average molecular weight is 141 g/mol. The van der Waals surface area contributed by atoms with Crippen LogP contribution in [0.5, 0.6) is 0 Å². The zero-order valence-corrected chi connectivity index (χ0v) is 5.38. The van der Waals surface area contributed by atoms with Crippen molar-refractivity contribution in [2.75, 3.05) is 5.73 Å². The summed E-state index contributed by atoms with van der Waals surface area (Å²) in [7, 11) is 0. The number of carbonyl (C=O) groups is 1. The molecule has 0 aromatic carbocycles. The Morgan fingerprint density at radius 1 is 1.80 bits per heavy atom. The van der Waals surface area contributed by atoms with Crippen LogP contribution in [-0.2, 0) is 0 Å². The maximum atomic E-state index is 10.3. The highest BCUT2D eigenvalue weighted by Gasteiger charge is 2.10. The number of rotatable bonds is 1. The quantitative estimate of drug-likeness (QED) is 0.513. The van der Waals surface area contributed by atoms with Crippen molar-refractivity contribution < 1.29 is 9.90 Å². The molecule has 0 atom stereocenters. The molecule has 10 heavy (non-hydrogen) atoms. The van der Waals surface area contributed by atoms with Crippen molar-refractivity contribution in [1.29, 1.82) is 0 Å². The molecule has 0 saturated heterocycles. The fourth-order valence-corrected chi connectivity index (χ4v) is 0.672. The molecule has 0 aliphatic heterocycles. The lowest BCUT2D eigenvalue weighted by molar-refractivity contribution is 0.0692. The monoisotopic (exact) mass is 141 g/mol. The van der Waals surface area contributed by atoms with E-state index in [4.69, 9.17) is 10.8 Å². The Hall–Kier alpha value is -1.52. The minimum atomic E-state index is -1.09. The maximum absolute atomic E-state index is 10.3. The lowest BCUT2D eigenvalue weighted by atomic mass is 10.4. The number of hydrogen-bond acceptors (Lipinski definition) is 3. The van der Waals surface area contributed by atoms with Crippen LogP contribution in [0.2, 0.25) is 0 Å². The van der Waals surface area contributed by atoms with Gasteiger partial charge in [-0.2, -0.15) is 0 Å². The topological polar surface area (TPSA) is 92.0 Å². The number of aryl methyl sites for hydroxylation is 1. The fraction of sp³-hybridized carbons (Fsp3) is 0.200. The summed E-state index contributed by atoms with van der Waals surface area (Å²) in [6.07, 6.45) is 0. The first-order chi connectivity index (χ1) is 4.61. The Kier molecular flexibility index (Phi) is 1.33. The predicted octanol–water partition coefficient (Wildman–Crippen LogP) is -0.00148. The van der Waals surface area contributed by atoms with Crippen LogP contribution in [0.1, 0.15) is 16.3 Å². The van der Waals surface area contributed by atoms with Crippen LogP contribution >= 0.6 is 0 Å². The van der Waals surface area contributed by atoms with E-state index in [2.05, 4.69) is 9.97 Å². The van der Waals surface area contributed by atoms with E-state index in [1.54, 1.807) is 6.92 Å². The fourth-order valence-electron chi connectivity index (χ4n) is 0.672. The number of nitrogens with one attached hydrogen (secondary N) is 1. The van der Waals surface area contributed by atoms with Crippen LogP contribution in [0, 0.1) is 6.92 Å². The van der Waals surface area contributed by atoms with E-state index in [1.807, 2.05) is 0 Å². The number of nitrogens with zero attached hydrogens (tertiary/aromatic N) is 1. The number of H-pyrrole nitrogens is 1. The van der Waals surface area contributed by atoms with Crippen LogP contribution in [0.25, 0.3) is 0 Å². The van der Waals surface area contributed by atoms with Gasteiger partial charge < -0.3 is 15.8 Å². The molecule has 5 heteroatoms. The Morgan fingerprint density at radius 3 is 2.60 bits per heavy atom. The summed E-state index contributed by atoms with van der Waals surface area (Å²) < 4.78 is 0. The Morgan fingerprint density at radius 2 is 2.40 bits per heavy atom. The minimum absolute atomic E-state index is 0.0324. The van der Waals surface area contributed by atoms with Crippen molar-refractivity contribution in [3.8, 4) is 0 Å². The number of imidazole rings is 1. The number of nitrogen functional groups attached to an aromatic ring is 1. The van der Waals surface area contributed by atoms with E-state index in [9.17, 15) is 4.79 Å². The zero-order valence-electron chi connectivity index (χ0n) is 5.38. The number of hydrogen-bond donors (Lipinski definition) is 3. The number of aromatic carboxylic acids is 1. The second-order valence-electron chi connectivity index (χ2n) is 1.89. The summed E-state index contributed by atoms with van der Waals surface area (Å²) >= 11 is 0. The zero-order chi connectivity index (χ0) is 7.72. The van der Waals surface area contributed by atoms with E-state index >= 15 is 0 Å². The van der Waals surface area contributed by atoms with Gasteiger partial charge in [0.05, 0.1) is 0 Å². The van der Waals surface area contributed by atoms with Gasteiger partial charge in [-0.25, -0.2) is 9.78 Å². The molecule has 1 aromatic heterocycles. The Labute approximate surface area is 56.9 Å². The number of aromatic amines is 1. The van der Waals surface area contributed by atoms with Gasteiger partial charge >= 0.3 is 5.97 Å². The molecule has 1 heterocycles. The number of nitrogens with two attached hydrogens (primary N) is 1. The van der Waals surface area contributed by atoms with Crippen LogP contribution in [-0.4, -0.2) is 21.0 Å². The van der Waals surface area contributed by atoms with Crippen molar-refractivity contribution >= 4 is 11.8 Å². The van der Waals surface area contributed by atoms with Crippen molar-refractivity contribution in [3.05, 3.63) is 11.5 Å². The molecule has 0 unspecified atom stereocenters. The SMILES string of the molecule is Cc1nc(N)c(C(=O)O)[nH]1. The van der Waals surface area contributed by atoms with Gasteiger partial charge in [-0.1, -0.05) is 0 Å². The second kappa shape index (κ2) is 2.02. The number of anilines is 1. The lowest BCUT2D eigenvalue weighted by Crippen LogP contribution is -2.00. The molecule has 54 valence electrons. The lowest BCUT2D eigenvalue weighted by Gasteiger charge is -1.85. The van der Waals surface area contributed by atoms with E-state index in [-0.39, 0.29) is 11.5 Å². The van der Waals surface area contributed by atoms with E-state index in [1.165, 1.54) is 0 Å². The molecule has 5 nitrogen and oxygen atoms in total. The summed E-state index contributed by atoms with van der Waals surface area (Å²) in [6, 6.07) is 0. The third kappa shape index (κ3) is 0.928. The first-order valence-electron chi connectivity index (χ1n) is 2.66. The highest BCUT2D eigenvalue weighted by Crippen LogP contribution is 2.06. The summed E-state index contributed by atoms with van der Waals surface area (Å²) in [4.78, 5) is 16.5.